The number of ether oxygens (including phenoxy) is 1. The molecule has 4 heteroatoms. The summed E-state index contributed by atoms with van der Waals surface area (Å²) in [6.45, 7) is 5.02. The van der Waals surface area contributed by atoms with Gasteiger partial charge in [-0.25, -0.2) is 0 Å². The number of rotatable bonds is 6. The smallest absolute Gasteiger partial charge is 0.251 e. The molecule has 0 spiro atoms. The monoisotopic (exact) mass is 237 g/mol. The summed E-state index contributed by atoms with van der Waals surface area (Å²) in [5.74, 6) is -0.0757. The van der Waals surface area contributed by atoms with Crippen LogP contribution in [0.15, 0.2) is 18.2 Å². The van der Waals surface area contributed by atoms with Crippen LogP contribution in [-0.2, 0) is 4.74 Å². The van der Waals surface area contributed by atoms with Crippen LogP contribution in [0.1, 0.15) is 21.5 Å². The summed E-state index contributed by atoms with van der Waals surface area (Å²) >= 11 is 0. The third-order valence-corrected chi connectivity index (χ3v) is 2.48. The molecule has 0 radical (unpaired) electrons. The van der Waals surface area contributed by atoms with Crippen molar-refractivity contribution in [2.45, 2.75) is 13.8 Å². The highest BCUT2D eigenvalue weighted by Gasteiger charge is 2.10. The molecule has 0 aliphatic carbocycles. The Bertz CT molecular complexity index is 357. The van der Waals surface area contributed by atoms with Gasteiger partial charge in [0.25, 0.3) is 5.91 Å². The zero-order chi connectivity index (χ0) is 12.7. The zero-order valence-electron chi connectivity index (χ0n) is 10.3. The quantitative estimate of drug-likeness (QED) is 0.727. The van der Waals surface area contributed by atoms with Crippen molar-refractivity contribution in [3.63, 3.8) is 0 Å². The van der Waals surface area contributed by atoms with Gasteiger partial charge < -0.3 is 15.2 Å². The largest absolute Gasteiger partial charge is 0.394 e. The number of carbonyl (C=O) groups excluding carboxylic acids is 1. The van der Waals surface area contributed by atoms with E-state index in [9.17, 15) is 4.79 Å². The molecule has 1 aromatic rings. The fraction of sp³-hybridized carbons (Fsp3) is 0.462. The van der Waals surface area contributed by atoms with E-state index in [1.807, 2.05) is 32.0 Å². The lowest BCUT2D eigenvalue weighted by atomic mass is 10.0. The molecule has 4 nitrogen and oxygen atoms in total. The number of carbonyl (C=O) groups is 1. The lowest BCUT2D eigenvalue weighted by Crippen LogP contribution is -2.28. The van der Waals surface area contributed by atoms with Crippen molar-refractivity contribution in [3.05, 3.63) is 34.9 Å². The molecule has 0 bridgehead atoms. The third kappa shape index (κ3) is 4.17. The number of aryl methyl sites for hydroxylation is 2. The lowest BCUT2D eigenvalue weighted by Gasteiger charge is -2.10. The number of nitrogens with one attached hydrogen (secondary N) is 1. The molecule has 0 heterocycles. The number of hydrogen-bond donors (Lipinski definition) is 2. The SMILES string of the molecule is Cc1cccc(C)c1C(=O)NCCOCCO. The fourth-order valence-electron chi connectivity index (χ4n) is 1.66. The van der Waals surface area contributed by atoms with Crippen LogP contribution in [0.4, 0.5) is 0 Å². The van der Waals surface area contributed by atoms with E-state index in [0.717, 1.165) is 16.7 Å². The van der Waals surface area contributed by atoms with E-state index in [-0.39, 0.29) is 12.5 Å². The third-order valence-electron chi connectivity index (χ3n) is 2.48. The highest BCUT2D eigenvalue weighted by atomic mass is 16.5. The molecule has 1 rings (SSSR count). The van der Waals surface area contributed by atoms with Crippen LogP contribution in [0.3, 0.4) is 0 Å². The standard InChI is InChI=1S/C13H19NO3/c1-10-4-3-5-11(2)12(10)13(16)14-6-8-17-9-7-15/h3-5,15H,6-9H2,1-2H3,(H,14,16). The van der Waals surface area contributed by atoms with Crippen LogP contribution >= 0.6 is 0 Å². The molecule has 0 atom stereocenters. The molecule has 2 N–H and O–H groups in total. The fourth-order valence-corrected chi connectivity index (χ4v) is 1.66. The van der Waals surface area contributed by atoms with Gasteiger partial charge in [0.15, 0.2) is 0 Å². The van der Waals surface area contributed by atoms with Crippen LogP contribution in [0.2, 0.25) is 0 Å². The molecular formula is C13H19NO3. The van der Waals surface area contributed by atoms with Crippen molar-refractivity contribution >= 4 is 5.91 Å². The van der Waals surface area contributed by atoms with Crippen LogP contribution < -0.4 is 5.32 Å². The molecular weight excluding hydrogens is 218 g/mol. The van der Waals surface area contributed by atoms with Crippen molar-refractivity contribution in [1.82, 2.24) is 5.32 Å². The first-order valence-corrected chi connectivity index (χ1v) is 5.70. The first-order chi connectivity index (χ1) is 8.16. The Morgan fingerprint density at radius 2 is 1.94 bits per heavy atom. The predicted octanol–water partition coefficient (Wildman–Crippen LogP) is 1.04. The Morgan fingerprint density at radius 1 is 1.29 bits per heavy atom. The van der Waals surface area contributed by atoms with Gasteiger partial charge in [0.05, 0.1) is 19.8 Å². The predicted molar refractivity (Wildman–Crippen MR) is 66.2 cm³/mol. The maximum absolute atomic E-state index is 11.9. The van der Waals surface area contributed by atoms with Gasteiger partial charge >= 0.3 is 0 Å². The second-order valence-electron chi connectivity index (χ2n) is 3.86. The second kappa shape index (κ2) is 7.04. The first-order valence-electron chi connectivity index (χ1n) is 5.70. The average molecular weight is 237 g/mol. The van der Waals surface area contributed by atoms with E-state index in [2.05, 4.69) is 5.32 Å². The second-order valence-corrected chi connectivity index (χ2v) is 3.86. The van der Waals surface area contributed by atoms with Gasteiger partial charge in [0.2, 0.25) is 0 Å². The Morgan fingerprint density at radius 3 is 2.53 bits per heavy atom. The van der Waals surface area contributed by atoms with E-state index in [4.69, 9.17) is 9.84 Å². The molecule has 94 valence electrons. The van der Waals surface area contributed by atoms with Gasteiger partial charge in [0, 0.05) is 12.1 Å². The van der Waals surface area contributed by atoms with E-state index >= 15 is 0 Å². The summed E-state index contributed by atoms with van der Waals surface area (Å²) in [5, 5.41) is 11.3. The van der Waals surface area contributed by atoms with Gasteiger partial charge in [0.1, 0.15) is 0 Å². The maximum Gasteiger partial charge on any atom is 0.251 e. The number of aliphatic hydroxyl groups excluding tert-OH is 1. The highest BCUT2D eigenvalue weighted by molar-refractivity contribution is 5.97. The number of amides is 1. The molecule has 0 aromatic heterocycles. The van der Waals surface area contributed by atoms with E-state index in [1.54, 1.807) is 0 Å². The van der Waals surface area contributed by atoms with Crippen LogP contribution in [0.25, 0.3) is 0 Å². The molecule has 0 fully saturated rings. The van der Waals surface area contributed by atoms with Gasteiger partial charge in [-0.2, -0.15) is 0 Å². The minimum Gasteiger partial charge on any atom is -0.394 e. The first kappa shape index (κ1) is 13.7. The Labute approximate surface area is 102 Å². The van der Waals surface area contributed by atoms with E-state index in [1.165, 1.54) is 0 Å². The summed E-state index contributed by atoms with van der Waals surface area (Å²) in [4.78, 5) is 11.9. The van der Waals surface area contributed by atoms with Gasteiger partial charge in [-0.15, -0.1) is 0 Å². The summed E-state index contributed by atoms with van der Waals surface area (Å²) in [7, 11) is 0. The highest BCUT2D eigenvalue weighted by Crippen LogP contribution is 2.12. The maximum atomic E-state index is 11.9. The normalized spacial score (nSPS) is 10.3. The molecule has 0 aliphatic rings. The number of benzene rings is 1. The average Bonchev–Trinajstić information content (AvgIpc) is 2.28. The number of hydrogen-bond acceptors (Lipinski definition) is 3. The van der Waals surface area contributed by atoms with Crippen molar-refractivity contribution in [3.8, 4) is 0 Å². The van der Waals surface area contributed by atoms with Gasteiger partial charge in [-0.05, 0) is 25.0 Å². The van der Waals surface area contributed by atoms with Gasteiger partial charge in [-0.1, -0.05) is 18.2 Å². The molecule has 0 saturated carbocycles. The van der Waals surface area contributed by atoms with E-state index in [0.29, 0.717) is 19.8 Å². The molecule has 1 amide bonds. The minimum atomic E-state index is -0.0757. The van der Waals surface area contributed by atoms with Crippen LogP contribution in [-0.4, -0.2) is 37.4 Å². The van der Waals surface area contributed by atoms with Gasteiger partial charge in [-0.3, -0.25) is 4.79 Å². The summed E-state index contributed by atoms with van der Waals surface area (Å²) < 4.78 is 5.06. The van der Waals surface area contributed by atoms with Crippen molar-refractivity contribution in [2.75, 3.05) is 26.4 Å². The van der Waals surface area contributed by atoms with Crippen LogP contribution in [0, 0.1) is 13.8 Å². The summed E-state index contributed by atoms with van der Waals surface area (Å²) in [6.07, 6.45) is 0. The van der Waals surface area contributed by atoms with Crippen LogP contribution in [0.5, 0.6) is 0 Å². The lowest BCUT2D eigenvalue weighted by molar-refractivity contribution is 0.0837. The van der Waals surface area contributed by atoms with Crippen molar-refractivity contribution in [2.24, 2.45) is 0 Å². The summed E-state index contributed by atoms with van der Waals surface area (Å²) in [5.41, 5.74) is 2.67. The molecule has 0 saturated heterocycles. The Kier molecular flexibility index (Phi) is 5.66. The number of aliphatic hydroxyl groups is 1. The molecule has 17 heavy (non-hydrogen) atoms. The Hall–Kier alpha value is -1.39. The molecule has 1 aromatic carbocycles. The van der Waals surface area contributed by atoms with Crippen molar-refractivity contribution < 1.29 is 14.6 Å². The topological polar surface area (TPSA) is 58.6 Å². The summed E-state index contributed by atoms with van der Waals surface area (Å²) in [6, 6.07) is 5.78. The Balaban J connectivity index is 2.47. The molecule has 0 unspecified atom stereocenters. The van der Waals surface area contributed by atoms with E-state index < -0.39 is 0 Å². The van der Waals surface area contributed by atoms with Crippen molar-refractivity contribution in [1.29, 1.82) is 0 Å². The zero-order valence-corrected chi connectivity index (χ0v) is 10.3. The minimum absolute atomic E-state index is 0.00481. The molecule has 0 aliphatic heterocycles.